The molecule has 0 aliphatic carbocycles. The highest BCUT2D eigenvalue weighted by Crippen LogP contribution is 2.08. The molecule has 1 aliphatic heterocycles. The van der Waals surface area contributed by atoms with E-state index in [-0.39, 0.29) is 36.5 Å². The van der Waals surface area contributed by atoms with Gasteiger partial charge in [-0.05, 0) is 18.6 Å². The van der Waals surface area contributed by atoms with Gasteiger partial charge in [-0.1, -0.05) is 12.1 Å². The maximum absolute atomic E-state index is 12.3. The number of hydrogen-bond donors (Lipinski definition) is 1. The summed E-state index contributed by atoms with van der Waals surface area (Å²) in [7, 11) is 0. The van der Waals surface area contributed by atoms with Crippen LogP contribution in [0.1, 0.15) is 6.42 Å². The normalized spacial score (nSPS) is 17.8. The molecule has 21 heavy (non-hydrogen) atoms. The van der Waals surface area contributed by atoms with Crippen LogP contribution in [-0.4, -0.2) is 39.5 Å². The number of hydrogen-bond acceptors (Lipinski definition) is 4. The molecule has 1 saturated heterocycles. The third-order valence-corrected chi connectivity index (χ3v) is 3.61. The van der Waals surface area contributed by atoms with Gasteiger partial charge in [-0.25, -0.2) is 4.98 Å². The van der Waals surface area contributed by atoms with E-state index in [1.165, 1.54) is 10.9 Å². The van der Waals surface area contributed by atoms with Gasteiger partial charge in [0.1, 0.15) is 6.54 Å². The van der Waals surface area contributed by atoms with Crippen molar-refractivity contribution in [2.24, 2.45) is 5.73 Å². The largest absolute Gasteiger partial charge is 0.340 e. The predicted molar refractivity (Wildman–Crippen MR) is 82.4 cm³/mol. The van der Waals surface area contributed by atoms with Crippen LogP contribution in [-0.2, 0) is 11.3 Å². The van der Waals surface area contributed by atoms with Gasteiger partial charge in [0, 0.05) is 19.1 Å². The molecule has 112 valence electrons. The van der Waals surface area contributed by atoms with Crippen LogP contribution in [0.2, 0.25) is 0 Å². The number of likely N-dealkylation sites (tertiary alicyclic amines) is 1. The summed E-state index contributed by atoms with van der Waals surface area (Å²) < 4.78 is 1.36. The van der Waals surface area contributed by atoms with E-state index in [0.29, 0.717) is 24.0 Å². The Hall–Kier alpha value is -1.92. The number of amides is 1. The lowest BCUT2D eigenvalue weighted by molar-refractivity contribution is -0.130. The van der Waals surface area contributed by atoms with Crippen molar-refractivity contribution in [2.75, 3.05) is 13.1 Å². The van der Waals surface area contributed by atoms with Crippen LogP contribution in [0.3, 0.4) is 0 Å². The number of rotatable bonds is 2. The number of benzene rings is 1. The Kier molecular flexibility index (Phi) is 4.59. The van der Waals surface area contributed by atoms with Crippen molar-refractivity contribution >= 4 is 29.2 Å². The molecule has 0 bridgehead atoms. The lowest BCUT2D eigenvalue weighted by Crippen LogP contribution is -2.36. The van der Waals surface area contributed by atoms with Crippen molar-refractivity contribution in [1.29, 1.82) is 0 Å². The van der Waals surface area contributed by atoms with Gasteiger partial charge in [0.2, 0.25) is 5.91 Å². The van der Waals surface area contributed by atoms with Crippen molar-refractivity contribution in [2.45, 2.75) is 19.0 Å². The summed E-state index contributed by atoms with van der Waals surface area (Å²) in [6.45, 7) is 1.24. The van der Waals surface area contributed by atoms with Gasteiger partial charge in [0.25, 0.3) is 5.56 Å². The fourth-order valence-electron chi connectivity index (χ4n) is 2.48. The van der Waals surface area contributed by atoms with Gasteiger partial charge in [-0.3, -0.25) is 14.2 Å². The fourth-order valence-corrected chi connectivity index (χ4v) is 2.48. The Morgan fingerprint density at radius 3 is 2.86 bits per heavy atom. The number of fused-ring (bicyclic) bond motifs is 1. The molecule has 1 amide bonds. The Balaban J connectivity index is 0.00000161. The summed E-state index contributed by atoms with van der Waals surface area (Å²) in [4.78, 5) is 30.3. The molecule has 2 N–H and O–H groups in total. The van der Waals surface area contributed by atoms with E-state index < -0.39 is 0 Å². The quantitative estimate of drug-likeness (QED) is 0.869. The van der Waals surface area contributed by atoms with Crippen molar-refractivity contribution in [3.05, 3.63) is 40.9 Å². The van der Waals surface area contributed by atoms with Crippen molar-refractivity contribution in [3.8, 4) is 0 Å². The molecule has 3 rings (SSSR count). The second-order valence-corrected chi connectivity index (χ2v) is 5.08. The first-order chi connectivity index (χ1) is 9.65. The molecule has 1 aromatic heterocycles. The first-order valence-electron chi connectivity index (χ1n) is 6.62. The number of aromatic nitrogens is 2. The Morgan fingerprint density at radius 1 is 1.38 bits per heavy atom. The van der Waals surface area contributed by atoms with Gasteiger partial charge in [0.15, 0.2) is 0 Å². The molecule has 0 spiro atoms. The van der Waals surface area contributed by atoms with Crippen LogP contribution < -0.4 is 11.3 Å². The highest BCUT2D eigenvalue weighted by atomic mass is 35.5. The molecule has 1 fully saturated rings. The number of carbonyl (C=O) groups excluding carboxylic acids is 1. The third-order valence-electron chi connectivity index (χ3n) is 3.61. The average Bonchev–Trinajstić information content (AvgIpc) is 2.89. The van der Waals surface area contributed by atoms with Gasteiger partial charge < -0.3 is 10.6 Å². The van der Waals surface area contributed by atoms with Crippen molar-refractivity contribution in [3.63, 3.8) is 0 Å². The number of nitrogens with zero attached hydrogens (tertiary/aromatic N) is 3. The summed E-state index contributed by atoms with van der Waals surface area (Å²) >= 11 is 0. The minimum atomic E-state index is -0.188. The second kappa shape index (κ2) is 6.24. The van der Waals surface area contributed by atoms with Gasteiger partial charge in [0.05, 0.1) is 17.2 Å². The summed E-state index contributed by atoms with van der Waals surface area (Å²) in [5.74, 6) is -0.0860. The van der Waals surface area contributed by atoms with E-state index in [4.69, 9.17) is 5.73 Å². The Labute approximate surface area is 128 Å². The van der Waals surface area contributed by atoms with Gasteiger partial charge >= 0.3 is 0 Å². The van der Waals surface area contributed by atoms with Crippen LogP contribution in [0.5, 0.6) is 0 Å². The topological polar surface area (TPSA) is 81.2 Å². The van der Waals surface area contributed by atoms with E-state index >= 15 is 0 Å². The highest BCUT2D eigenvalue weighted by Gasteiger charge is 2.23. The minimum Gasteiger partial charge on any atom is -0.340 e. The zero-order chi connectivity index (χ0) is 14.1. The zero-order valence-corrected chi connectivity index (χ0v) is 12.3. The number of carbonyl (C=O) groups is 1. The lowest BCUT2D eigenvalue weighted by atomic mass is 10.2. The molecular formula is C14H17ClN4O2. The van der Waals surface area contributed by atoms with E-state index in [1.807, 2.05) is 6.07 Å². The van der Waals surface area contributed by atoms with Crippen LogP contribution in [0.4, 0.5) is 0 Å². The van der Waals surface area contributed by atoms with E-state index in [2.05, 4.69) is 4.98 Å². The molecule has 2 heterocycles. The first kappa shape index (κ1) is 15.5. The number of para-hydroxylation sites is 1. The molecule has 1 aromatic carbocycles. The number of halogens is 1. The Bertz CT molecular complexity index is 715. The van der Waals surface area contributed by atoms with Crippen LogP contribution in [0, 0.1) is 0 Å². The van der Waals surface area contributed by atoms with E-state index in [9.17, 15) is 9.59 Å². The van der Waals surface area contributed by atoms with E-state index in [1.54, 1.807) is 23.1 Å². The number of nitrogens with two attached hydrogens (primary N) is 1. The smallest absolute Gasteiger partial charge is 0.261 e. The Morgan fingerprint density at radius 2 is 2.14 bits per heavy atom. The van der Waals surface area contributed by atoms with Gasteiger partial charge in [-0.15, -0.1) is 12.4 Å². The summed E-state index contributed by atoms with van der Waals surface area (Å²) in [5.41, 5.74) is 6.24. The molecule has 6 nitrogen and oxygen atoms in total. The summed E-state index contributed by atoms with van der Waals surface area (Å²) in [5, 5.41) is 0.529. The molecule has 0 unspecified atom stereocenters. The van der Waals surface area contributed by atoms with Crippen LogP contribution in [0.25, 0.3) is 10.9 Å². The third kappa shape index (κ3) is 3.06. The maximum atomic E-state index is 12.3. The predicted octanol–water partition coefficient (Wildman–Crippen LogP) is 0.378. The van der Waals surface area contributed by atoms with Crippen molar-refractivity contribution in [1.82, 2.24) is 14.5 Å². The van der Waals surface area contributed by atoms with Crippen LogP contribution >= 0.6 is 12.4 Å². The lowest BCUT2D eigenvalue weighted by Gasteiger charge is -2.16. The molecule has 0 saturated carbocycles. The average molecular weight is 309 g/mol. The molecule has 0 radical (unpaired) electrons. The molecule has 2 aromatic rings. The SMILES string of the molecule is Cl.N[C@@H]1CCN(C(=O)Cn2cnc3ccccc3c2=O)C1. The summed E-state index contributed by atoms with van der Waals surface area (Å²) in [6.07, 6.45) is 2.25. The van der Waals surface area contributed by atoms with Crippen LogP contribution in [0.15, 0.2) is 35.4 Å². The van der Waals surface area contributed by atoms with Gasteiger partial charge in [-0.2, -0.15) is 0 Å². The molecule has 7 heteroatoms. The fraction of sp³-hybridized carbons (Fsp3) is 0.357. The summed E-state index contributed by atoms with van der Waals surface area (Å²) in [6, 6.07) is 7.16. The minimum absolute atomic E-state index is 0. The standard InChI is InChI=1S/C14H16N4O2.ClH/c15-10-5-6-17(7-10)13(19)8-18-9-16-12-4-2-1-3-11(12)14(18)20;/h1-4,9-10H,5-8,15H2;1H/t10-;/m1./s1. The molecule has 1 aliphatic rings. The monoisotopic (exact) mass is 308 g/mol. The van der Waals surface area contributed by atoms with Crippen molar-refractivity contribution < 1.29 is 4.79 Å². The zero-order valence-electron chi connectivity index (χ0n) is 11.4. The second-order valence-electron chi connectivity index (χ2n) is 5.08. The highest BCUT2D eigenvalue weighted by molar-refractivity contribution is 5.85. The maximum Gasteiger partial charge on any atom is 0.261 e. The molecular weight excluding hydrogens is 292 g/mol. The van der Waals surface area contributed by atoms with E-state index in [0.717, 1.165) is 6.42 Å². The molecule has 1 atom stereocenters. The first-order valence-corrected chi connectivity index (χ1v) is 6.62.